The molecule has 1 aromatic rings. The van der Waals surface area contributed by atoms with Gasteiger partial charge in [-0.2, -0.15) is 8.42 Å². The van der Waals surface area contributed by atoms with Gasteiger partial charge in [-0.25, -0.2) is 0 Å². The van der Waals surface area contributed by atoms with Crippen LogP contribution in [0.25, 0.3) is 0 Å². The molecule has 5 nitrogen and oxygen atoms in total. The van der Waals surface area contributed by atoms with E-state index in [2.05, 4.69) is 10.8 Å². The SMILES string of the molecule is C=CCOS(=O)(=O)c1ccccc1.NCCO. The predicted octanol–water partition coefficient (Wildman–Crippen LogP) is 0.515. The van der Waals surface area contributed by atoms with Crippen LogP contribution in [0.4, 0.5) is 0 Å². The van der Waals surface area contributed by atoms with Crippen LogP contribution in [0, 0.1) is 0 Å². The first kappa shape index (κ1) is 15.8. The molecule has 0 amide bonds. The quantitative estimate of drug-likeness (QED) is 0.594. The molecule has 0 aromatic heterocycles. The molecule has 17 heavy (non-hydrogen) atoms. The monoisotopic (exact) mass is 259 g/mol. The number of benzene rings is 1. The molecular formula is C11H17NO4S. The van der Waals surface area contributed by atoms with Crippen LogP contribution < -0.4 is 5.73 Å². The lowest BCUT2D eigenvalue weighted by atomic mass is 10.4. The number of aliphatic hydroxyl groups is 1. The summed E-state index contributed by atoms with van der Waals surface area (Å²) in [7, 11) is -3.59. The second kappa shape index (κ2) is 8.89. The molecule has 6 heteroatoms. The van der Waals surface area contributed by atoms with Gasteiger partial charge in [0.25, 0.3) is 10.1 Å². The van der Waals surface area contributed by atoms with Crippen LogP contribution in [0.3, 0.4) is 0 Å². The molecule has 0 bridgehead atoms. The molecule has 1 aromatic carbocycles. The summed E-state index contributed by atoms with van der Waals surface area (Å²) in [5.41, 5.74) is 4.78. The minimum absolute atomic E-state index is 0.00275. The zero-order chi connectivity index (χ0) is 13.1. The second-order valence-corrected chi connectivity index (χ2v) is 4.47. The van der Waals surface area contributed by atoms with Crippen molar-refractivity contribution in [2.45, 2.75) is 4.90 Å². The van der Waals surface area contributed by atoms with Crippen molar-refractivity contribution in [2.24, 2.45) is 5.73 Å². The number of hydrogen-bond donors (Lipinski definition) is 2. The normalized spacial score (nSPS) is 10.2. The van der Waals surface area contributed by atoms with Crippen molar-refractivity contribution in [3.05, 3.63) is 43.0 Å². The van der Waals surface area contributed by atoms with Gasteiger partial charge in [0.05, 0.1) is 18.1 Å². The standard InChI is InChI=1S/C9H10O3S.C2H7NO/c1-2-8-12-13(10,11)9-6-4-3-5-7-9;3-1-2-4/h2-7H,1,8H2;4H,1-3H2. The molecule has 0 saturated carbocycles. The molecule has 0 heterocycles. The van der Waals surface area contributed by atoms with Crippen molar-refractivity contribution < 1.29 is 17.7 Å². The first-order valence-electron chi connectivity index (χ1n) is 4.94. The molecule has 0 atom stereocenters. The van der Waals surface area contributed by atoms with Gasteiger partial charge in [0.1, 0.15) is 0 Å². The molecule has 0 fully saturated rings. The summed E-state index contributed by atoms with van der Waals surface area (Å²) in [4.78, 5) is 0.164. The molecule has 0 spiro atoms. The molecule has 3 N–H and O–H groups in total. The van der Waals surface area contributed by atoms with E-state index in [1.54, 1.807) is 18.2 Å². The van der Waals surface area contributed by atoms with E-state index in [0.717, 1.165) is 0 Å². The smallest absolute Gasteiger partial charge is 0.297 e. The van der Waals surface area contributed by atoms with Crippen molar-refractivity contribution in [2.75, 3.05) is 19.8 Å². The van der Waals surface area contributed by atoms with Crippen molar-refractivity contribution >= 4 is 10.1 Å². The Labute approximate surface area is 102 Å². The van der Waals surface area contributed by atoms with Crippen molar-refractivity contribution in [1.82, 2.24) is 0 Å². The van der Waals surface area contributed by atoms with E-state index < -0.39 is 10.1 Å². The fourth-order valence-electron chi connectivity index (χ4n) is 0.793. The third-order valence-electron chi connectivity index (χ3n) is 1.50. The average Bonchev–Trinajstić information content (AvgIpc) is 2.38. The van der Waals surface area contributed by atoms with Gasteiger partial charge < -0.3 is 10.8 Å². The van der Waals surface area contributed by atoms with E-state index in [4.69, 9.17) is 10.8 Å². The predicted molar refractivity (Wildman–Crippen MR) is 65.9 cm³/mol. The lowest BCUT2D eigenvalue weighted by molar-refractivity contribution is 0.306. The number of hydrogen-bond acceptors (Lipinski definition) is 5. The fraction of sp³-hybridized carbons (Fsp3) is 0.273. The highest BCUT2D eigenvalue weighted by molar-refractivity contribution is 7.86. The Morgan fingerprint density at radius 2 is 1.88 bits per heavy atom. The Morgan fingerprint density at radius 3 is 2.29 bits per heavy atom. The first-order chi connectivity index (χ1) is 8.08. The number of nitrogens with two attached hydrogens (primary N) is 1. The lowest BCUT2D eigenvalue weighted by Gasteiger charge is -2.01. The summed E-state index contributed by atoms with van der Waals surface area (Å²) in [5.74, 6) is 0. The van der Waals surface area contributed by atoms with Crippen LogP contribution in [0.15, 0.2) is 47.9 Å². The van der Waals surface area contributed by atoms with E-state index in [9.17, 15) is 8.42 Å². The van der Waals surface area contributed by atoms with Crippen molar-refractivity contribution in [3.63, 3.8) is 0 Å². The summed E-state index contributed by atoms with van der Waals surface area (Å²) in [6.07, 6.45) is 1.39. The molecule has 96 valence electrons. The highest BCUT2D eigenvalue weighted by atomic mass is 32.2. The first-order valence-corrected chi connectivity index (χ1v) is 6.35. The minimum atomic E-state index is -3.59. The summed E-state index contributed by atoms with van der Waals surface area (Å²) < 4.78 is 27.3. The Hall–Kier alpha value is -1.21. The Balaban J connectivity index is 0.000000557. The molecule has 0 aliphatic carbocycles. The van der Waals surface area contributed by atoms with E-state index in [-0.39, 0.29) is 18.1 Å². The number of rotatable bonds is 5. The summed E-state index contributed by atoms with van der Waals surface area (Å²) in [6.45, 7) is 3.84. The van der Waals surface area contributed by atoms with Gasteiger partial charge in [0.15, 0.2) is 0 Å². The summed E-state index contributed by atoms with van der Waals surface area (Å²) in [6, 6.07) is 8.00. The maximum Gasteiger partial charge on any atom is 0.297 e. The maximum atomic E-state index is 11.3. The van der Waals surface area contributed by atoms with E-state index >= 15 is 0 Å². The van der Waals surface area contributed by atoms with Crippen molar-refractivity contribution in [3.8, 4) is 0 Å². The maximum absolute atomic E-state index is 11.3. The van der Waals surface area contributed by atoms with Gasteiger partial charge in [0.2, 0.25) is 0 Å². The zero-order valence-corrected chi connectivity index (χ0v) is 10.3. The average molecular weight is 259 g/mol. The van der Waals surface area contributed by atoms with Gasteiger partial charge in [-0.15, -0.1) is 6.58 Å². The third-order valence-corrected chi connectivity index (χ3v) is 2.80. The molecule has 0 aliphatic rings. The number of aliphatic hydroxyl groups excluding tert-OH is 1. The van der Waals surface area contributed by atoms with Crippen LogP contribution in [-0.4, -0.2) is 33.3 Å². The molecule has 0 unspecified atom stereocenters. The highest BCUT2D eigenvalue weighted by Crippen LogP contribution is 2.10. The van der Waals surface area contributed by atoms with Crippen molar-refractivity contribution in [1.29, 1.82) is 0 Å². The van der Waals surface area contributed by atoms with Gasteiger partial charge in [0, 0.05) is 6.54 Å². The van der Waals surface area contributed by atoms with Gasteiger partial charge in [-0.05, 0) is 12.1 Å². The Bertz CT molecular complexity index is 401. The lowest BCUT2D eigenvalue weighted by Crippen LogP contribution is -2.05. The Morgan fingerprint density at radius 1 is 1.35 bits per heavy atom. The van der Waals surface area contributed by atoms with Gasteiger partial charge >= 0.3 is 0 Å². The summed E-state index contributed by atoms with van der Waals surface area (Å²) in [5, 5.41) is 7.75. The third kappa shape index (κ3) is 6.85. The molecule has 0 radical (unpaired) electrons. The fourth-order valence-corrected chi connectivity index (χ4v) is 1.69. The minimum Gasteiger partial charge on any atom is -0.395 e. The highest BCUT2D eigenvalue weighted by Gasteiger charge is 2.12. The van der Waals surface area contributed by atoms with Crippen LogP contribution >= 0.6 is 0 Å². The summed E-state index contributed by atoms with van der Waals surface area (Å²) >= 11 is 0. The zero-order valence-electron chi connectivity index (χ0n) is 9.45. The molecule has 0 saturated heterocycles. The molecule has 0 aliphatic heterocycles. The largest absolute Gasteiger partial charge is 0.395 e. The van der Waals surface area contributed by atoms with Crippen LogP contribution in [0.1, 0.15) is 0 Å². The second-order valence-electron chi connectivity index (χ2n) is 2.85. The van der Waals surface area contributed by atoms with E-state index in [1.165, 1.54) is 18.2 Å². The van der Waals surface area contributed by atoms with E-state index in [0.29, 0.717) is 6.54 Å². The van der Waals surface area contributed by atoms with Crippen LogP contribution in [0.2, 0.25) is 0 Å². The van der Waals surface area contributed by atoms with Gasteiger partial charge in [-0.1, -0.05) is 24.3 Å². The van der Waals surface area contributed by atoms with Crippen LogP contribution in [0.5, 0.6) is 0 Å². The Kier molecular flexibility index (Phi) is 8.25. The van der Waals surface area contributed by atoms with E-state index in [1.807, 2.05) is 0 Å². The van der Waals surface area contributed by atoms with Crippen LogP contribution in [-0.2, 0) is 14.3 Å². The molecular weight excluding hydrogens is 242 g/mol. The van der Waals surface area contributed by atoms with Gasteiger partial charge in [-0.3, -0.25) is 4.18 Å². The molecule has 1 rings (SSSR count). The topological polar surface area (TPSA) is 89.6 Å².